The Hall–Kier alpha value is -1.34. The van der Waals surface area contributed by atoms with Crippen LogP contribution in [0, 0.1) is 5.92 Å². The number of nitrogens with one attached hydrogen (secondary N) is 1. The van der Waals surface area contributed by atoms with E-state index in [0.29, 0.717) is 6.04 Å². The maximum Gasteiger partial charge on any atom is 0.0346 e. The molecular formula is C20H27N. The highest BCUT2D eigenvalue weighted by Crippen LogP contribution is 2.33. The van der Waals surface area contributed by atoms with E-state index in [4.69, 9.17) is 0 Å². The standard InChI is InChI=1S/C20H27N/c1-21-20(17-10-5-3-2-4-6-11-17)19-14-13-16-9-7-8-12-18(16)15-19/h7-9,12-15,17,20-21H,2-6,10-11H2,1H3. The lowest BCUT2D eigenvalue weighted by molar-refractivity contribution is 0.299. The van der Waals surface area contributed by atoms with E-state index < -0.39 is 0 Å². The fraction of sp³-hybridized carbons (Fsp3) is 0.500. The minimum atomic E-state index is 0.507. The smallest absolute Gasteiger partial charge is 0.0346 e. The summed E-state index contributed by atoms with van der Waals surface area (Å²) in [6.07, 6.45) is 9.83. The quantitative estimate of drug-likeness (QED) is 0.787. The van der Waals surface area contributed by atoms with Crippen molar-refractivity contribution in [1.29, 1.82) is 0 Å². The van der Waals surface area contributed by atoms with Gasteiger partial charge in [0.05, 0.1) is 0 Å². The Balaban J connectivity index is 1.85. The van der Waals surface area contributed by atoms with Crippen LogP contribution in [0.4, 0.5) is 0 Å². The van der Waals surface area contributed by atoms with Gasteiger partial charge in [0, 0.05) is 6.04 Å². The minimum Gasteiger partial charge on any atom is -0.313 e. The van der Waals surface area contributed by atoms with E-state index in [9.17, 15) is 0 Å². The predicted octanol–water partition coefficient (Wildman–Crippen LogP) is 5.46. The van der Waals surface area contributed by atoms with Gasteiger partial charge in [-0.05, 0) is 48.2 Å². The third-order valence-electron chi connectivity index (χ3n) is 5.06. The molecule has 0 heterocycles. The molecule has 1 heteroatoms. The Labute approximate surface area is 128 Å². The molecule has 0 aromatic heterocycles. The molecule has 1 atom stereocenters. The zero-order valence-corrected chi connectivity index (χ0v) is 13.1. The summed E-state index contributed by atoms with van der Waals surface area (Å²) in [4.78, 5) is 0. The molecule has 112 valence electrons. The molecule has 1 unspecified atom stereocenters. The molecule has 0 saturated heterocycles. The summed E-state index contributed by atoms with van der Waals surface area (Å²) in [5.41, 5.74) is 1.46. The monoisotopic (exact) mass is 281 g/mol. The van der Waals surface area contributed by atoms with Crippen LogP contribution in [0.2, 0.25) is 0 Å². The zero-order chi connectivity index (χ0) is 14.5. The average molecular weight is 281 g/mol. The third-order valence-corrected chi connectivity index (χ3v) is 5.06. The fourth-order valence-corrected chi connectivity index (χ4v) is 3.90. The van der Waals surface area contributed by atoms with E-state index in [1.807, 2.05) is 0 Å². The Bertz CT molecular complexity index is 567. The first-order valence-corrected chi connectivity index (χ1v) is 8.54. The Morgan fingerprint density at radius 2 is 1.52 bits per heavy atom. The number of hydrogen-bond donors (Lipinski definition) is 1. The minimum absolute atomic E-state index is 0.507. The number of rotatable bonds is 3. The van der Waals surface area contributed by atoms with Crippen LogP contribution in [0.1, 0.15) is 56.6 Å². The third kappa shape index (κ3) is 3.47. The Morgan fingerprint density at radius 3 is 2.24 bits per heavy atom. The van der Waals surface area contributed by atoms with Gasteiger partial charge >= 0.3 is 0 Å². The topological polar surface area (TPSA) is 12.0 Å². The van der Waals surface area contributed by atoms with Gasteiger partial charge in [-0.25, -0.2) is 0 Å². The van der Waals surface area contributed by atoms with Crippen LogP contribution >= 0.6 is 0 Å². The maximum atomic E-state index is 3.60. The Kier molecular flexibility index (Phi) is 4.92. The van der Waals surface area contributed by atoms with Gasteiger partial charge in [0.1, 0.15) is 0 Å². The summed E-state index contributed by atoms with van der Waals surface area (Å²) < 4.78 is 0. The van der Waals surface area contributed by atoms with E-state index in [-0.39, 0.29) is 0 Å². The van der Waals surface area contributed by atoms with Crippen LogP contribution in [0.3, 0.4) is 0 Å². The number of hydrogen-bond acceptors (Lipinski definition) is 1. The van der Waals surface area contributed by atoms with Gasteiger partial charge in [-0.15, -0.1) is 0 Å². The molecule has 0 amide bonds. The molecule has 0 bridgehead atoms. The molecule has 1 aliphatic carbocycles. The molecule has 1 aliphatic rings. The fourth-order valence-electron chi connectivity index (χ4n) is 3.90. The molecule has 2 aromatic rings. The van der Waals surface area contributed by atoms with Gasteiger partial charge < -0.3 is 5.32 Å². The van der Waals surface area contributed by atoms with Gasteiger partial charge in [0.15, 0.2) is 0 Å². The highest BCUT2D eigenvalue weighted by molar-refractivity contribution is 5.83. The van der Waals surface area contributed by atoms with Crippen molar-refractivity contribution in [2.45, 2.75) is 51.0 Å². The molecule has 21 heavy (non-hydrogen) atoms. The summed E-state index contributed by atoms with van der Waals surface area (Å²) >= 11 is 0. The lowest BCUT2D eigenvalue weighted by atomic mass is 9.82. The first-order chi connectivity index (χ1) is 10.4. The molecule has 1 saturated carbocycles. The van der Waals surface area contributed by atoms with Crippen LogP contribution in [-0.4, -0.2) is 7.05 Å². The second-order valence-electron chi connectivity index (χ2n) is 6.48. The number of benzene rings is 2. The summed E-state index contributed by atoms with van der Waals surface area (Å²) in [7, 11) is 2.12. The molecule has 1 nitrogen and oxygen atoms in total. The first kappa shape index (κ1) is 14.6. The van der Waals surface area contributed by atoms with Crippen LogP contribution in [0.25, 0.3) is 10.8 Å². The van der Waals surface area contributed by atoms with Gasteiger partial charge in [-0.2, -0.15) is 0 Å². The molecule has 0 aliphatic heterocycles. The summed E-state index contributed by atoms with van der Waals surface area (Å²) in [5.74, 6) is 0.788. The molecule has 3 rings (SSSR count). The van der Waals surface area contributed by atoms with Gasteiger partial charge in [0.2, 0.25) is 0 Å². The van der Waals surface area contributed by atoms with E-state index in [1.54, 1.807) is 0 Å². The number of fused-ring (bicyclic) bond motifs is 1. The second kappa shape index (κ2) is 7.09. The summed E-state index contributed by atoms with van der Waals surface area (Å²) in [5, 5.41) is 6.30. The molecule has 0 radical (unpaired) electrons. The molecule has 1 fully saturated rings. The van der Waals surface area contributed by atoms with Crippen LogP contribution in [-0.2, 0) is 0 Å². The lowest BCUT2D eigenvalue weighted by Crippen LogP contribution is -2.26. The van der Waals surface area contributed by atoms with Crippen LogP contribution < -0.4 is 5.32 Å². The lowest BCUT2D eigenvalue weighted by Gasteiger charge is -2.29. The highest BCUT2D eigenvalue weighted by atomic mass is 14.9. The van der Waals surface area contributed by atoms with Crippen molar-refractivity contribution in [3.63, 3.8) is 0 Å². The van der Waals surface area contributed by atoms with Crippen molar-refractivity contribution in [2.24, 2.45) is 5.92 Å². The predicted molar refractivity (Wildman–Crippen MR) is 91.6 cm³/mol. The zero-order valence-electron chi connectivity index (χ0n) is 13.1. The molecule has 0 spiro atoms. The van der Waals surface area contributed by atoms with Crippen LogP contribution in [0.15, 0.2) is 42.5 Å². The highest BCUT2D eigenvalue weighted by Gasteiger charge is 2.22. The average Bonchev–Trinajstić information content (AvgIpc) is 2.49. The SMILES string of the molecule is CNC(c1ccc2ccccc2c1)C1CCCCCCC1. The first-order valence-electron chi connectivity index (χ1n) is 8.54. The van der Waals surface area contributed by atoms with Crippen molar-refractivity contribution >= 4 is 10.8 Å². The van der Waals surface area contributed by atoms with Gasteiger partial charge in [0.25, 0.3) is 0 Å². The summed E-state index contributed by atoms with van der Waals surface area (Å²) in [6, 6.07) is 16.2. The van der Waals surface area contributed by atoms with Crippen molar-refractivity contribution in [3.8, 4) is 0 Å². The summed E-state index contributed by atoms with van der Waals surface area (Å²) in [6.45, 7) is 0. The normalized spacial score (nSPS) is 19.1. The van der Waals surface area contributed by atoms with E-state index >= 15 is 0 Å². The molecule has 2 aromatic carbocycles. The van der Waals surface area contributed by atoms with Crippen molar-refractivity contribution in [1.82, 2.24) is 5.32 Å². The molecule has 1 N–H and O–H groups in total. The second-order valence-corrected chi connectivity index (χ2v) is 6.48. The van der Waals surface area contributed by atoms with E-state index in [0.717, 1.165) is 5.92 Å². The van der Waals surface area contributed by atoms with Crippen molar-refractivity contribution in [3.05, 3.63) is 48.0 Å². The van der Waals surface area contributed by atoms with Crippen molar-refractivity contribution in [2.75, 3.05) is 7.05 Å². The van der Waals surface area contributed by atoms with Crippen molar-refractivity contribution < 1.29 is 0 Å². The van der Waals surface area contributed by atoms with E-state index in [2.05, 4.69) is 54.8 Å². The van der Waals surface area contributed by atoms with Gasteiger partial charge in [-0.1, -0.05) is 68.5 Å². The maximum absolute atomic E-state index is 3.60. The van der Waals surface area contributed by atoms with Gasteiger partial charge in [-0.3, -0.25) is 0 Å². The molecular weight excluding hydrogens is 254 g/mol. The Morgan fingerprint density at radius 1 is 0.857 bits per heavy atom. The van der Waals surface area contributed by atoms with E-state index in [1.165, 1.54) is 61.3 Å². The van der Waals surface area contributed by atoms with Crippen LogP contribution in [0.5, 0.6) is 0 Å². The largest absolute Gasteiger partial charge is 0.313 e.